The Morgan fingerprint density at radius 2 is 1.77 bits per heavy atom. The van der Waals surface area contributed by atoms with E-state index in [0.717, 1.165) is 6.33 Å². The van der Waals surface area contributed by atoms with Crippen LogP contribution in [0.3, 0.4) is 0 Å². The number of ether oxygens (including phenoxy) is 1. The second kappa shape index (κ2) is 21.1. The van der Waals surface area contributed by atoms with E-state index >= 15 is 8.96 Å². The third kappa shape index (κ3) is 11.2. The molecule has 0 bridgehead atoms. The summed E-state index contributed by atoms with van der Waals surface area (Å²) in [5, 5.41) is 25.1. The zero-order valence-electron chi connectivity index (χ0n) is 38.6. The summed E-state index contributed by atoms with van der Waals surface area (Å²) in [6, 6.07) is 9.22. The van der Waals surface area contributed by atoms with E-state index in [0.29, 0.717) is 5.56 Å². The molecule has 10 atom stereocenters. The molecular formula is C41H54FN11O13P2Si. The first-order valence-electron chi connectivity index (χ1n) is 21.9. The van der Waals surface area contributed by atoms with Gasteiger partial charge in [0.25, 0.3) is 11.5 Å². The normalized spacial score (nSPS) is 24.4. The minimum absolute atomic E-state index is 0.00300. The Kier molecular flexibility index (Phi) is 15.8. The maximum Gasteiger partial charge on any atom is 0.475 e. The first-order chi connectivity index (χ1) is 32.6. The minimum atomic E-state index is -4.97. The van der Waals surface area contributed by atoms with Gasteiger partial charge >= 0.3 is 16.1 Å². The Morgan fingerprint density at radius 1 is 1.06 bits per heavy atom. The van der Waals surface area contributed by atoms with Gasteiger partial charge in [-0.05, 0) is 36.7 Å². The maximum absolute atomic E-state index is 16.6. The quantitative estimate of drug-likeness (QED) is 0.0403. The van der Waals surface area contributed by atoms with Crippen molar-refractivity contribution >= 4 is 70.3 Å². The number of H-pyrrole nitrogens is 1. The van der Waals surface area contributed by atoms with E-state index in [9.17, 15) is 34.2 Å². The average Bonchev–Trinajstić information content (AvgIpc) is 4.07. The molecule has 5 aromatic rings. The molecule has 2 amide bonds. The molecule has 5 heterocycles. The van der Waals surface area contributed by atoms with E-state index in [1.807, 2.05) is 39.9 Å². The van der Waals surface area contributed by atoms with Crippen LogP contribution in [-0.4, -0.2) is 120 Å². The molecule has 1 saturated carbocycles. The van der Waals surface area contributed by atoms with Gasteiger partial charge in [0.05, 0.1) is 50.5 Å². The number of nitrogens with one attached hydrogen (secondary N) is 3. The minimum Gasteiger partial charge on any atom is -0.411 e. The number of alkyl halides is 1. The number of aliphatic hydroxyl groups excluding tert-OH is 1. The molecule has 0 spiro atoms. The third-order valence-electron chi connectivity index (χ3n) is 12.3. The van der Waals surface area contributed by atoms with Crippen LogP contribution in [0.5, 0.6) is 0 Å². The molecule has 69 heavy (non-hydrogen) atoms. The molecule has 0 radical (unpaired) electrons. The molecule has 2 fully saturated rings. The highest BCUT2D eigenvalue weighted by Gasteiger charge is 2.54. The lowest BCUT2D eigenvalue weighted by Gasteiger charge is -2.41. The molecule has 372 valence electrons. The van der Waals surface area contributed by atoms with Crippen molar-refractivity contribution in [3.8, 4) is 6.07 Å². The number of hydrogen-bond acceptors (Lipinski definition) is 18. The topological polar surface area (TPSA) is 319 Å². The van der Waals surface area contributed by atoms with E-state index in [1.54, 1.807) is 44.2 Å². The summed E-state index contributed by atoms with van der Waals surface area (Å²) in [5.74, 6) is -2.25. The Morgan fingerprint density at radius 3 is 2.43 bits per heavy atom. The number of amides is 2. The van der Waals surface area contributed by atoms with Crippen LogP contribution in [0.2, 0.25) is 18.1 Å². The van der Waals surface area contributed by atoms with Crippen molar-refractivity contribution in [1.82, 2.24) is 39.0 Å². The lowest BCUT2D eigenvalue weighted by molar-refractivity contribution is -0.118. The van der Waals surface area contributed by atoms with Crippen LogP contribution in [0.4, 0.5) is 16.2 Å². The van der Waals surface area contributed by atoms with Crippen LogP contribution in [0.25, 0.3) is 22.3 Å². The van der Waals surface area contributed by atoms with Crippen LogP contribution in [0.15, 0.2) is 54.1 Å². The molecular weight excluding hydrogens is 964 g/mol. The second-order valence-electron chi connectivity index (χ2n) is 18.2. The highest BCUT2D eigenvalue weighted by Crippen LogP contribution is 2.57. The van der Waals surface area contributed by atoms with E-state index < -0.39 is 116 Å². The van der Waals surface area contributed by atoms with Gasteiger partial charge < -0.3 is 33.6 Å². The number of imidazole rings is 2. The van der Waals surface area contributed by atoms with Crippen molar-refractivity contribution in [2.75, 3.05) is 30.5 Å². The van der Waals surface area contributed by atoms with E-state index in [-0.39, 0.29) is 52.0 Å². The molecule has 28 heteroatoms. The standard InChI is InChI=1S/C41H54FN11O13P2Si/c1-22(2)36(55)50-40-49-35-29(38(57)51-40)47-20-52(35)25-16-24(17-54)30(66-69(6,7)41(3,4)5)31(25)65-68(60,61-15-11-14-43)62-18-26-32(64-67(58)59)27(42)39(63-26)53-21-46-28-33(44-19-45-34(28)53)48-37(56)23-12-9-8-10-13-23/h8-10,12-13,19-22,24-27,30-32,39,54,67H,11,15-18H2,1-7H3,(H,58,59)(H,44,45,48,56)(H2,49,50,51,55,57)/t24-,25-,26-,27-,30-,31+,32-,39-,68?/m1/s1. The number of fused-ring (bicyclic) bond motifs is 2. The van der Waals surface area contributed by atoms with Crippen molar-refractivity contribution in [2.24, 2.45) is 11.8 Å². The number of halogens is 1. The molecule has 7 rings (SSSR count). The number of aromatic amines is 1. The highest BCUT2D eigenvalue weighted by molar-refractivity contribution is 7.48. The molecule has 5 N–H and O–H groups in total. The number of aromatic nitrogens is 8. The van der Waals surface area contributed by atoms with Crippen molar-refractivity contribution in [2.45, 2.75) is 108 Å². The molecule has 1 aromatic carbocycles. The number of phosphoric acid groups is 1. The molecule has 1 aliphatic heterocycles. The van der Waals surface area contributed by atoms with Crippen molar-refractivity contribution < 1.29 is 60.4 Å². The number of nitriles is 1. The van der Waals surface area contributed by atoms with Gasteiger partial charge in [0.2, 0.25) is 11.9 Å². The Labute approximate surface area is 396 Å². The summed E-state index contributed by atoms with van der Waals surface area (Å²) in [7, 11) is -11.6. The molecule has 1 saturated heterocycles. The number of hydrogen-bond donors (Lipinski definition) is 5. The fraction of sp³-hybridized carbons (Fsp3) is 0.537. The maximum atomic E-state index is 16.6. The van der Waals surface area contributed by atoms with Crippen LogP contribution < -0.4 is 16.2 Å². The molecule has 4 aromatic heterocycles. The Balaban J connectivity index is 1.22. The largest absolute Gasteiger partial charge is 0.475 e. The molecule has 24 nitrogen and oxygen atoms in total. The first-order valence-corrected chi connectivity index (χ1v) is 27.5. The number of aliphatic hydroxyl groups is 1. The number of phosphoric ester groups is 1. The summed E-state index contributed by atoms with van der Waals surface area (Å²) in [6.45, 7) is 11.5. The Bertz CT molecular complexity index is 2840. The number of anilines is 2. The predicted octanol–water partition coefficient (Wildman–Crippen LogP) is 5.19. The number of rotatable bonds is 19. The lowest BCUT2D eigenvalue weighted by Crippen LogP contribution is -2.49. The predicted molar refractivity (Wildman–Crippen MR) is 247 cm³/mol. The fourth-order valence-corrected chi connectivity index (χ4v) is 10.9. The van der Waals surface area contributed by atoms with Gasteiger partial charge in [-0.1, -0.05) is 52.8 Å². The van der Waals surface area contributed by atoms with Gasteiger partial charge in [-0.3, -0.25) is 47.4 Å². The number of benzene rings is 1. The smallest absolute Gasteiger partial charge is 0.411 e. The van der Waals surface area contributed by atoms with E-state index in [2.05, 4.69) is 40.5 Å². The summed E-state index contributed by atoms with van der Waals surface area (Å²) < 4.78 is 82.7. The van der Waals surface area contributed by atoms with Crippen LogP contribution in [0, 0.1) is 23.2 Å². The average molecular weight is 1020 g/mol. The monoisotopic (exact) mass is 1020 g/mol. The molecule has 1 aliphatic carbocycles. The number of nitrogens with zero attached hydrogens (tertiary/aromatic N) is 8. The van der Waals surface area contributed by atoms with Crippen LogP contribution in [-0.2, 0) is 41.2 Å². The van der Waals surface area contributed by atoms with Crippen molar-refractivity contribution in [1.29, 1.82) is 5.26 Å². The van der Waals surface area contributed by atoms with Crippen molar-refractivity contribution in [3.05, 3.63) is 65.2 Å². The summed E-state index contributed by atoms with van der Waals surface area (Å²) in [5.41, 5.74) is -0.397. The van der Waals surface area contributed by atoms with Gasteiger partial charge in [0.15, 0.2) is 48.9 Å². The molecule has 2 unspecified atom stereocenters. The summed E-state index contributed by atoms with van der Waals surface area (Å²) in [6.07, 6.45) is -6.22. The Hall–Kier alpha value is -5.16. The van der Waals surface area contributed by atoms with Gasteiger partial charge in [0.1, 0.15) is 24.6 Å². The zero-order valence-corrected chi connectivity index (χ0v) is 41.5. The SMILES string of the molecule is CC(C)C(=O)Nc1nc2c(ncn2[C@@H]2C[C@H](CO)[C@@H](O[Si](C)(C)C(C)(C)C)[C@H]2OP(=O)(OCCC#N)OC[C@H]2O[C@@H](n3cnc4c(NC(=O)c5ccccc5)ncnc43)[C@H](F)[C@@H]2O[PH](=O)O)c(=O)[nH]1. The van der Waals surface area contributed by atoms with Crippen LogP contribution >= 0.6 is 16.1 Å². The van der Waals surface area contributed by atoms with E-state index in [1.165, 1.54) is 21.8 Å². The van der Waals surface area contributed by atoms with Gasteiger partial charge in [-0.15, -0.1) is 0 Å². The molecule has 2 aliphatic rings. The summed E-state index contributed by atoms with van der Waals surface area (Å²) in [4.78, 5) is 72.7. The van der Waals surface area contributed by atoms with E-state index in [4.69, 9.17) is 27.3 Å². The highest BCUT2D eigenvalue weighted by atomic mass is 31.2. The van der Waals surface area contributed by atoms with Crippen molar-refractivity contribution in [3.63, 3.8) is 0 Å². The summed E-state index contributed by atoms with van der Waals surface area (Å²) >= 11 is 0. The number of carbonyl (C=O) groups excluding carboxylic acids is 2. The van der Waals surface area contributed by atoms with Gasteiger partial charge in [-0.25, -0.2) is 28.9 Å². The number of carbonyl (C=O) groups is 2. The fourth-order valence-electron chi connectivity index (χ4n) is 7.64. The van der Waals surface area contributed by atoms with Gasteiger partial charge in [-0.2, -0.15) is 10.2 Å². The third-order valence-corrected chi connectivity index (χ3v) is 18.7. The van der Waals surface area contributed by atoms with Gasteiger partial charge in [0, 0.05) is 24.0 Å². The van der Waals surface area contributed by atoms with Crippen LogP contribution in [0.1, 0.15) is 70.1 Å². The zero-order chi connectivity index (χ0) is 50.0. The lowest BCUT2D eigenvalue weighted by atomic mass is 10.1. The second-order valence-corrected chi connectivity index (χ2v) is 25.4. The first kappa shape index (κ1) is 51.7.